The predicted molar refractivity (Wildman–Crippen MR) is 58.6 cm³/mol. The standard InChI is InChI=1S/C9H13ClN2OS/c1-6(10)9(13)12(3)4-8-5-14-7(2)11-8/h5-6H,4H2,1-3H3. The van der Waals surface area contributed by atoms with Gasteiger partial charge in [-0.05, 0) is 13.8 Å². The molecular formula is C9H13ClN2OS. The van der Waals surface area contributed by atoms with Crippen LogP contribution in [0, 0.1) is 6.92 Å². The molecule has 0 saturated carbocycles. The topological polar surface area (TPSA) is 33.2 Å². The largest absolute Gasteiger partial charge is 0.339 e. The molecule has 78 valence electrons. The fourth-order valence-electron chi connectivity index (χ4n) is 1.11. The number of alkyl halides is 1. The third-order valence-corrected chi connectivity index (χ3v) is 2.79. The van der Waals surface area contributed by atoms with Gasteiger partial charge in [-0.15, -0.1) is 22.9 Å². The number of carbonyl (C=O) groups is 1. The Morgan fingerprint density at radius 2 is 2.43 bits per heavy atom. The quantitative estimate of drug-likeness (QED) is 0.748. The second-order valence-electron chi connectivity index (χ2n) is 3.17. The molecule has 1 amide bonds. The fourth-order valence-corrected chi connectivity index (χ4v) is 1.88. The van der Waals surface area contributed by atoms with Gasteiger partial charge in [0.05, 0.1) is 17.2 Å². The Morgan fingerprint density at radius 1 is 1.79 bits per heavy atom. The highest BCUT2D eigenvalue weighted by Gasteiger charge is 2.15. The van der Waals surface area contributed by atoms with E-state index in [1.54, 1.807) is 30.2 Å². The molecule has 1 unspecified atom stereocenters. The lowest BCUT2D eigenvalue weighted by atomic mass is 10.3. The van der Waals surface area contributed by atoms with Crippen molar-refractivity contribution in [1.82, 2.24) is 9.88 Å². The minimum atomic E-state index is -0.472. The Hall–Kier alpha value is -0.610. The molecule has 1 aromatic rings. The summed E-state index contributed by atoms with van der Waals surface area (Å²) in [6.07, 6.45) is 0. The molecule has 0 aliphatic carbocycles. The van der Waals surface area contributed by atoms with E-state index in [0.717, 1.165) is 10.7 Å². The van der Waals surface area contributed by atoms with Crippen molar-refractivity contribution < 1.29 is 4.79 Å². The third-order valence-electron chi connectivity index (χ3n) is 1.78. The van der Waals surface area contributed by atoms with Gasteiger partial charge in [0, 0.05) is 12.4 Å². The van der Waals surface area contributed by atoms with Crippen molar-refractivity contribution in [1.29, 1.82) is 0 Å². The number of hydrogen-bond donors (Lipinski definition) is 0. The number of aryl methyl sites for hydroxylation is 1. The van der Waals surface area contributed by atoms with E-state index < -0.39 is 5.38 Å². The summed E-state index contributed by atoms with van der Waals surface area (Å²) < 4.78 is 0. The summed E-state index contributed by atoms with van der Waals surface area (Å²) in [5.41, 5.74) is 0.917. The number of halogens is 1. The first-order chi connectivity index (χ1) is 6.50. The molecule has 0 aliphatic heterocycles. The van der Waals surface area contributed by atoms with Gasteiger partial charge in [-0.2, -0.15) is 0 Å². The van der Waals surface area contributed by atoms with Crippen molar-refractivity contribution in [2.24, 2.45) is 0 Å². The average Bonchev–Trinajstić information content (AvgIpc) is 2.49. The molecule has 0 N–H and O–H groups in total. The van der Waals surface area contributed by atoms with E-state index in [2.05, 4.69) is 4.98 Å². The van der Waals surface area contributed by atoms with Crippen LogP contribution in [0.1, 0.15) is 17.6 Å². The van der Waals surface area contributed by atoms with Crippen LogP contribution in [0.25, 0.3) is 0 Å². The van der Waals surface area contributed by atoms with Gasteiger partial charge >= 0.3 is 0 Å². The molecule has 3 nitrogen and oxygen atoms in total. The fraction of sp³-hybridized carbons (Fsp3) is 0.556. The summed E-state index contributed by atoms with van der Waals surface area (Å²) >= 11 is 7.27. The normalized spacial score (nSPS) is 12.6. The highest BCUT2D eigenvalue weighted by atomic mass is 35.5. The number of amides is 1. The highest BCUT2D eigenvalue weighted by Crippen LogP contribution is 2.10. The van der Waals surface area contributed by atoms with Crippen LogP contribution >= 0.6 is 22.9 Å². The first-order valence-corrected chi connectivity index (χ1v) is 5.62. The van der Waals surface area contributed by atoms with Crippen LogP contribution in [0.4, 0.5) is 0 Å². The van der Waals surface area contributed by atoms with Crippen molar-refractivity contribution in [3.63, 3.8) is 0 Å². The average molecular weight is 233 g/mol. The van der Waals surface area contributed by atoms with Gasteiger partial charge in [0.25, 0.3) is 0 Å². The minimum Gasteiger partial charge on any atom is -0.339 e. The van der Waals surface area contributed by atoms with Crippen LogP contribution in [0.5, 0.6) is 0 Å². The molecule has 1 heterocycles. The van der Waals surface area contributed by atoms with Crippen LogP contribution < -0.4 is 0 Å². The van der Waals surface area contributed by atoms with E-state index in [1.807, 2.05) is 12.3 Å². The molecule has 0 spiro atoms. The van der Waals surface area contributed by atoms with Crippen molar-refractivity contribution in [3.05, 3.63) is 16.1 Å². The molecule has 0 radical (unpaired) electrons. The Kier molecular flexibility index (Phi) is 3.89. The lowest BCUT2D eigenvalue weighted by Crippen LogP contribution is -2.31. The van der Waals surface area contributed by atoms with Crippen LogP contribution in [0.15, 0.2) is 5.38 Å². The van der Waals surface area contributed by atoms with Gasteiger partial charge in [0.2, 0.25) is 5.91 Å². The zero-order chi connectivity index (χ0) is 10.7. The van der Waals surface area contributed by atoms with Crippen molar-refractivity contribution >= 4 is 28.8 Å². The Labute approximate surface area is 92.7 Å². The minimum absolute atomic E-state index is 0.0719. The molecular weight excluding hydrogens is 220 g/mol. The van der Waals surface area contributed by atoms with Crippen LogP contribution in [0.3, 0.4) is 0 Å². The summed E-state index contributed by atoms with van der Waals surface area (Å²) in [5.74, 6) is -0.0719. The molecule has 0 aliphatic rings. The zero-order valence-electron chi connectivity index (χ0n) is 8.45. The molecule has 14 heavy (non-hydrogen) atoms. The van der Waals surface area contributed by atoms with E-state index in [0.29, 0.717) is 6.54 Å². The van der Waals surface area contributed by atoms with E-state index in [-0.39, 0.29) is 5.91 Å². The summed E-state index contributed by atoms with van der Waals surface area (Å²) in [6, 6.07) is 0. The van der Waals surface area contributed by atoms with Gasteiger partial charge in [0.1, 0.15) is 5.38 Å². The number of hydrogen-bond acceptors (Lipinski definition) is 3. The lowest BCUT2D eigenvalue weighted by Gasteiger charge is -2.16. The second kappa shape index (κ2) is 4.75. The zero-order valence-corrected chi connectivity index (χ0v) is 10.0. The predicted octanol–water partition coefficient (Wildman–Crippen LogP) is 2.04. The number of nitrogens with zero attached hydrogens (tertiary/aromatic N) is 2. The summed E-state index contributed by atoms with van der Waals surface area (Å²) in [5, 5.41) is 2.50. The second-order valence-corrected chi connectivity index (χ2v) is 4.89. The Morgan fingerprint density at radius 3 is 2.86 bits per heavy atom. The van der Waals surface area contributed by atoms with E-state index in [9.17, 15) is 4.79 Å². The summed E-state index contributed by atoms with van der Waals surface area (Å²) in [4.78, 5) is 17.3. The van der Waals surface area contributed by atoms with Gasteiger partial charge in [-0.1, -0.05) is 0 Å². The number of carbonyl (C=O) groups excluding carboxylic acids is 1. The first-order valence-electron chi connectivity index (χ1n) is 4.30. The van der Waals surface area contributed by atoms with Crippen molar-refractivity contribution in [2.45, 2.75) is 25.8 Å². The van der Waals surface area contributed by atoms with Gasteiger partial charge < -0.3 is 4.90 Å². The number of thiazole rings is 1. The van der Waals surface area contributed by atoms with E-state index in [1.165, 1.54) is 0 Å². The Balaban J connectivity index is 2.57. The molecule has 5 heteroatoms. The third kappa shape index (κ3) is 2.96. The molecule has 0 aromatic carbocycles. The van der Waals surface area contributed by atoms with Gasteiger partial charge in [-0.3, -0.25) is 4.79 Å². The van der Waals surface area contributed by atoms with Crippen LogP contribution in [0.2, 0.25) is 0 Å². The van der Waals surface area contributed by atoms with E-state index in [4.69, 9.17) is 11.6 Å². The molecule has 0 saturated heterocycles. The maximum absolute atomic E-state index is 11.4. The molecule has 0 fully saturated rings. The lowest BCUT2D eigenvalue weighted by molar-refractivity contribution is -0.129. The van der Waals surface area contributed by atoms with Gasteiger partial charge in [-0.25, -0.2) is 4.98 Å². The van der Waals surface area contributed by atoms with E-state index >= 15 is 0 Å². The maximum atomic E-state index is 11.4. The SMILES string of the molecule is Cc1nc(CN(C)C(=O)C(C)Cl)cs1. The van der Waals surface area contributed by atoms with Crippen LogP contribution in [-0.2, 0) is 11.3 Å². The molecule has 1 aromatic heterocycles. The maximum Gasteiger partial charge on any atom is 0.240 e. The molecule has 1 rings (SSSR count). The van der Waals surface area contributed by atoms with Gasteiger partial charge in [0.15, 0.2) is 0 Å². The van der Waals surface area contributed by atoms with Crippen molar-refractivity contribution in [3.8, 4) is 0 Å². The Bertz CT molecular complexity index is 324. The number of aromatic nitrogens is 1. The van der Waals surface area contributed by atoms with Crippen molar-refractivity contribution in [2.75, 3.05) is 7.05 Å². The monoisotopic (exact) mass is 232 g/mol. The first kappa shape index (κ1) is 11.5. The summed E-state index contributed by atoms with van der Waals surface area (Å²) in [7, 11) is 1.73. The molecule has 0 bridgehead atoms. The highest BCUT2D eigenvalue weighted by molar-refractivity contribution is 7.09. The molecule has 1 atom stereocenters. The summed E-state index contributed by atoms with van der Waals surface area (Å²) in [6.45, 7) is 4.15. The smallest absolute Gasteiger partial charge is 0.240 e. The number of rotatable bonds is 3. The van der Waals surface area contributed by atoms with Crippen LogP contribution in [-0.4, -0.2) is 28.2 Å².